The van der Waals surface area contributed by atoms with Gasteiger partial charge < -0.3 is 9.80 Å². The van der Waals surface area contributed by atoms with Crippen molar-refractivity contribution in [1.29, 1.82) is 0 Å². The molecule has 0 atom stereocenters. The van der Waals surface area contributed by atoms with Crippen molar-refractivity contribution < 1.29 is 4.79 Å². The monoisotopic (exact) mass is 459 g/mol. The summed E-state index contributed by atoms with van der Waals surface area (Å²) in [5.41, 5.74) is 6.16. The Balaban J connectivity index is 1.31. The first kappa shape index (κ1) is 21.6. The molecule has 1 aliphatic heterocycles. The first-order chi connectivity index (χ1) is 15.9. The van der Waals surface area contributed by atoms with Gasteiger partial charge in [-0.25, -0.2) is 4.68 Å². The summed E-state index contributed by atoms with van der Waals surface area (Å²) in [7, 11) is 0. The Morgan fingerprint density at radius 3 is 2.24 bits per heavy atom. The number of benzene rings is 2. The second-order valence-corrected chi connectivity index (χ2v) is 10.0. The van der Waals surface area contributed by atoms with Crippen LogP contribution in [-0.4, -0.2) is 51.8 Å². The van der Waals surface area contributed by atoms with Gasteiger partial charge in [-0.3, -0.25) is 4.79 Å². The lowest BCUT2D eigenvalue weighted by atomic mass is 10.0. The lowest BCUT2D eigenvalue weighted by molar-refractivity contribution is 0.0746. The average molecular weight is 460 g/mol. The Labute approximate surface area is 198 Å². The summed E-state index contributed by atoms with van der Waals surface area (Å²) in [4.78, 5) is 22.2. The first-order valence-corrected chi connectivity index (χ1v) is 12.3. The Kier molecular flexibility index (Phi) is 5.66. The number of fused-ring (bicyclic) bond motifs is 1. The summed E-state index contributed by atoms with van der Waals surface area (Å²) >= 11 is 1.69. The molecule has 0 aliphatic carbocycles. The fourth-order valence-electron chi connectivity index (χ4n) is 4.22. The van der Waals surface area contributed by atoms with Gasteiger partial charge in [-0.15, -0.1) is 0 Å². The molecule has 2 aromatic heterocycles. The zero-order chi connectivity index (χ0) is 23.1. The van der Waals surface area contributed by atoms with Gasteiger partial charge >= 0.3 is 0 Å². The van der Waals surface area contributed by atoms with E-state index in [1.807, 2.05) is 28.6 Å². The number of piperazine rings is 1. The Hall–Kier alpha value is -3.19. The molecule has 1 fully saturated rings. The minimum atomic E-state index is 0.111. The fraction of sp³-hybridized carbons (Fsp3) is 0.346. The smallest absolute Gasteiger partial charge is 0.253 e. The number of carbonyl (C=O) groups excluding carboxylic acids is 1. The second-order valence-electron chi connectivity index (χ2n) is 9.04. The van der Waals surface area contributed by atoms with Crippen LogP contribution in [0.5, 0.6) is 0 Å². The van der Waals surface area contributed by atoms with E-state index in [9.17, 15) is 4.79 Å². The van der Waals surface area contributed by atoms with Gasteiger partial charge in [-0.2, -0.15) is 10.1 Å². The van der Waals surface area contributed by atoms with E-state index in [1.54, 1.807) is 11.3 Å². The van der Waals surface area contributed by atoms with Crippen molar-refractivity contribution in [1.82, 2.24) is 19.7 Å². The van der Waals surface area contributed by atoms with Crippen molar-refractivity contribution in [2.45, 2.75) is 33.6 Å². The largest absolute Gasteiger partial charge is 0.344 e. The van der Waals surface area contributed by atoms with Crippen molar-refractivity contribution in [2.75, 3.05) is 31.1 Å². The highest BCUT2D eigenvalue weighted by Crippen LogP contribution is 2.33. The summed E-state index contributed by atoms with van der Waals surface area (Å²) in [6, 6.07) is 16.4. The molecule has 0 unspecified atom stereocenters. The Bertz CT molecular complexity index is 1280. The number of thiazole rings is 1. The van der Waals surface area contributed by atoms with E-state index in [1.165, 1.54) is 11.1 Å². The van der Waals surface area contributed by atoms with Gasteiger partial charge in [0, 0.05) is 31.7 Å². The Morgan fingerprint density at radius 2 is 1.61 bits per heavy atom. The molecule has 33 heavy (non-hydrogen) atoms. The maximum absolute atomic E-state index is 13.0. The number of amides is 1. The number of aryl methyl sites for hydroxylation is 2. The number of anilines is 1. The number of carbonyl (C=O) groups is 1. The lowest BCUT2D eigenvalue weighted by Crippen LogP contribution is -2.48. The third-order valence-electron chi connectivity index (χ3n) is 6.32. The minimum Gasteiger partial charge on any atom is -0.344 e. The maximum Gasteiger partial charge on any atom is 0.253 e. The highest BCUT2D eigenvalue weighted by molar-refractivity contribution is 7.22. The van der Waals surface area contributed by atoms with Crippen LogP contribution in [0.15, 0.2) is 48.5 Å². The quantitative estimate of drug-likeness (QED) is 0.422. The SMILES string of the molecule is Cc1ccc(-n2nc(C)c3sc(N4CCN(C(=O)c5ccc(C(C)C)cc5)CC4)nc32)cc1. The summed E-state index contributed by atoms with van der Waals surface area (Å²) < 4.78 is 3.05. The molecule has 0 spiro atoms. The van der Waals surface area contributed by atoms with Crippen LogP contribution in [0.3, 0.4) is 0 Å². The summed E-state index contributed by atoms with van der Waals surface area (Å²) in [6.07, 6.45) is 0. The molecule has 170 valence electrons. The van der Waals surface area contributed by atoms with E-state index in [-0.39, 0.29) is 5.91 Å². The van der Waals surface area contributed by atoms with Crippen molar-refractivity contribution in [3.8, 4) is 5.69 Å². The maximum atomic E-state index is 13.0. The normalized spacial score (nSPS) is 14.5. The average Bonchev–Trinajstić information content (AvgIpc) is 3.40. The molecule has 1 aliphatic rings. The van der Waals surface area contributed by atoms with E-state index in [4.69, 9.17) is 10.1 Å². The van der Waals surface area contributed by atoms with Crippen LogP contribution in [0.4, 0.5) is 5.13 Å². The number of nitrogens with zero attached hydrogens (tertiary/aromatic N) is 5. The first-order valence-electron chi connectivity index (χ1n) is 11.5. The molecule has 3 heterocycles. The zero-order valence-corrected chi connectivity index (χ0v) is 20.4. The van der Waals surface area contributed by atoms with Crippen LogP contribution >= 0.6 is 11.3 Å². The van der Waals surface area contributed by atoms with Crippen LogP contribution < -0.4 is 4.90 Å². The van der Waals surface area contributed by atoms with Crippen LogP contribution in [-0.2, 0) is 0 Å². The molecule has 1 amide bonds. The molecule has 1 saturated heterocycles. The van der Waals surface area contributed by atoms with Crippen LogP contribution in [0.2, 0.25) is 0 Å². The zero-order valence-electron chi connectivity index (χ0n) is 19.6. The molecule has 2 aromatic carbocycles. The van der Waals surface area contributed by atoms with Gasteiger partial charge in [-0.1, -0.05) is 55.0 Å². The molecule has 0 N–H and O–H groups in total. The lowest BCUT2D eigenvalue weighted by Gasteiger charge is -2.34. The topological polar surface area (TPSA) is 54.3 Å². The summed E-state index contributed by atoms with van der Waals surface area (Å²) in [6.45, 7) is 11.4. The third kappa shape index (κ3) is 4.13. The molecule has 0 saturated carbocycles. The molecule has 7 heteroatoms. The molecule has 4 aromatic rings. The predicted molar refractivity (Wildman–Crippen MR) is 135 cm³/mol. The number of hydrogen-bond donors (Lipinski definition) is 0. The standard InChI is InChI=1S/C26H29N5OS/c1-17(2)20-7-9-21(10-8-20)25(32)29-13-15-30(16-14-29)26-27-24-23(33-26)19(4)28-31(24)22-11-5-18(3)6-12-22/h5-12,17H,13-16H2,1-4H3. The van der Waals surface area contributed by atoms with E-state index >= 15 is 0 Å². The van der Waals surface area contributed by atoms with Crippen LogP contribution in [0.1, 0.15) is 46.9 Å². The van der Waals surface area contributed by atoms with E-state index in [2.05, 4.69) is 62.1 Å². The van der Waals surface area contributed by atoms with E-state index < -0.39 is 0 Å². The molecular formula is C26H29N5OS. The van der Waals surface area contributed by atoms with Crippen molar-refractivity contribution in [3.05, 3.63) is 70.9 Å². The third-order valence-corrected chi connectivity index (χ3v) is 7.53. The summed E-state index contributed by atoms with van der Waals surface area (Å²) in [5, 5.41) is 5.71. The minimum absolute atomic E-state index is 0.111. The molecule has 6 nitrogen and oxygen atoms in total. The van der Waals surface area contributed by atoms with Crippen molar-refractivity contribution in [2.24, 2.45) is 0 Å². The van der Waals surface area contributed by atoms with E-state index in [0.29, 0.717) is 19.0 Å². The van der Waals surface area contributed by atoms with Gasteiger partial charge in [0.15, 0.2) is 10.8 Å². The Morgan fingerprint density at radius 1 is 0.939 bits per heavy atom. The van der Waals surface area contributed by atoms with Crippen LogP contribution in [0.25, 0.3) is 16.0 Å². The van der Waals surface area contributed by atoms with Gasteiger partial charge in [0.2, 0.25) is 0 Å². The van der Waals surface area contributed by atoms with Crippen molar-refractivity contribution in [3.63, 3.8) is 0 Å². The number of aromatic nitrogens is 3. The van der Waals surface area contributed by atoms with Gasteiger partial charge in [-0.05, 0) is 49.6 Å². The van der Waals surface area contributed by atoms with Crippen molar-refractivity contribution >= 4 is 32.7 Å². The van der Waals surface area contributed by atoms with Gasteiger partial charge in [0.25, 0.3) is 5.91 Å². The highest BCUT2D eigenvalue weighted by atomic mass is 32.1. The van der Waals surface area contributed by atoms with Crippen LogP contribution in [0, 0.1) is 13.8 Å². The highest BCUT2D eigenvalue weighted by Gasteiger charge is 2.25. The summed E-state index contributed by atoms with van der Waals surface area (Å²) in [5.74, 6) is 0.577. The van der Waals surface area contributed by atoms with Gasteiger partial charge in [0.1, 0.15) is 0 Å². The molecule has 0 radical (unpaired) electrons. The number of hydrogen-bond acceptors (Lipinski definition) is 5. The molecular weight excluding hydrogens is 430 g/mol. The van der Waals surface area contributed by atoms with Gasteiger partial charge in [0.05, 0.1) is 16.1 Å². The van der Waals surface area contributed by atoms with E-state index in [0.717, 1.165) is 45.5 Å². The fourth-order valence-corrected chi connectivity index (χ4v) is 5.26. The number of rotatable bonds is 4. The second kappa shape index (κ2) is 8.63. The molecule has 5 rings (SSSR count). The molecule has 0 bridgehead atoms. The predicted octanol–water partition coefficient (Wildman–Crippen LogP) is 5.18.